The lowest BCUT2D eigenvalue weighted by Gasteiger charge is -2.24. The van der Waals surface area contributed by atoms with Crippen LogP contribution in [0, 0.1) is 0 Å². The molecule has 0 aromatic rings. The van der Waals surface area contributed by atoms with Gasteiger partial charge >= 0.3 is 6.03 Å². The number of rotatable bonds is 2. The van der Waals surface area contributed by atoms with E-state index in [1.807, 2.05) is 0 Å². The summed E-state index contributed by atoms with van der Waals surface area (Å²) in [5, 5.41) is 5.00. The van der Waals surface area contributed by atoms with Crippen molar-refractivity contribution in [3.05, 3.63) is 0 Å². The largest absolute Gasteiger partial charge is 0.341 e. The first-order chi connectivity index (χ1) is 5.97. The molecule has 0 radical (unpaired) electrons. The molecule has 0 unspecified atom stereocenters. The molecule has 74 valence electrons. The summed E-state index contributed by atoms with van der Waals surface area (Å²) in [7, 11) is 1.52. The van der Waals surface area contributed by atoms with E-state index in [0.29, 0.717) is 0 Å². The van der Waals surface area contributed by atoms with Gasteiger partial charge in [0.1, 0.15) is 5.54 Å². The molecule has 0 atom stereocenters. The second-order valence-electron chi connectivity index (χ2n) is 3.62. The van der Waals surface area contributed by atoms with Gasteiger partial charge in [0.15, 0.2) is 0 Å². The number of hydrogen-bond donors (Lipinski definition) is 2. The molecule has 1 rings (SSSR count). The molecule has 1 heterocycles. The van der Waals surface area contributed by atoms with E-state index in [0.717, 1.165) is 13.1 Å². The summed E-state index contributed by atoms with van der Waals surface area (Å²) in [5.74, 6) is -0.0314. The number of nitrogens with one attached hydrogen (secondary N) is 2. The monoisotopic (exact) mass is 185 g/mol. The molecule has 3 amide bonds. The third-order valence-corrected chi connectivity index (χ3v) is 1.92. The minimum absolute atomic E-state index is 0.0314. The predicted octanol–water partition coefficient (Wildman–Crippen LogP) is -0.464. The lowest BCUT2D eigenvalue weighted by atomic mass is 10.1. The quantitative estimate of drug-likeness (QED) is 0.572. The van der Waals surface area contributed by atoms with Gasteiger partial charge in [-0.25, -0.2) is 4.79 Å². The van der Waals surface area contributed by atoms with Crippen LogP contribution in [0.4, 0.5) is 4.79 Å². The zero-order valence-corrected chi connectivity index (χ0v) is 8.18. The van der Waals surface area contributed by atoms with E-state index in [-0.39, 0.29) is 11.9 Å². The first-order valence-corrected chi connectivity index (χ1v) is 4.26. The van der Waals surface area contributed by atoms with Crippen molar-refractivity contribution in [1.29, 1.82) is 0 Å². The van der Waals surface area contributed by atoms with Crippen LogP contribution in [0.5, 0.6) is 0 Å². The molecule has 0 aromatic carbocycles. The Morgan fingerprint density at radius 2 is 1.85 bits per heavy atom. The van der Waals surface area contributed by atoms with Gasteiger partial charge in [0, 0.05) is 20.1 Å². The number of urea groups is 1. The highest BCUT2D eigenvalue weighted by molar-refractivity contribution is 5.91. The predicted molar refractivity (Wildman–Crippen MR) is 48.3 cm³/mol. The smallest absolute Gasteiger partial charge is 0.315 e. The van der Waals surface area contributed by atoms with Gasteiger partial charge in [0.05, 0.1) is 0 Å². The molecule has 1 aliphatic heterocycles. The van der Waals surface area contributed by atoms with Crippen molar-refractivity contribution >= 4 is 11.9 Å². The lowest BCUT2D eigenvalue weighted by Crippen LogP contribution is -2.54. The third kappa shape index (κ3) is 2.34. The SMILES string of the molecule is CNC(=O)NC(C)(C)C(=O)N1CC1. The van der Waals surface area contributed by atoms with E-state index in [2.05, 4.69) is 10.6 Å². The summed E-state index contributed by atoms with van der Waals surface area (Å²) in [4.78, 5) is 24.2. The molecule has 0 aliphatic carbocycles. The van der Waals surface area contributed by atoms with Crippen LogP contribution in [-0.4, -0.2) is 42.5 Å². The molecule has 5 heteroatoms. The lowest BCUT2D eigenvalue weighted by molar-refractivity contribution is -0.130. The van der Waals surface area contributed by atoms with Gasteiger partial charge in [0.25, 0.3) is 0 Å². The van der Waals surface area contributed by atoms with E-state index in [1.54, 1.807) is 18.7 Å². The van der Waals surface area contributed by atoms with E-state index in [4.69, 9.17) is 0 Å². The Kier molecular flexibility index (Phi) is 2.45. The first kappa shape index (κ1) is 9.83. The Balaban J connectivity index is 2.53. The number of nitrogens with zero attached hydrogens (tertiary/aromatic N) is 1. The van der Waals surface area contributed by atoms with Crippen LogP contribution in [0.15, 0.2) is 0 Å². The summed E-state index contributed by atoms with van der Waals surface area (Å²) in [6.07, 6.45) is 0. The molecule has 2 N–H and O–H groups in total. The molecule has 0 aromatic heterocycles. The number of carbonyl (C=O) groups excluding carboxylic acids is 2. The normalized spacial score (nSPS) is 15.2. The van der Waals surface area contributed by atoms with Gasteiger partial charge in [0.2, 0.25) is 5.91 Å². The van der Waals surface area contributed by atoms with Crippen LogP contribution in [0.25, 0.3) is 0 Å². The van der Waals surface area contributed by atoms with E-state index >= 15 is 0 Å². The minimum Gasteiger partial charge on any atom is -0.341 e. The maximum absolute atomic E-state index is 11.6. The highest BCUT2D eigenvalue weighted by Gasteiger charge is 2.37. The summed E-state index contributed by atoms with van der Waals surface area (Å²) < 4.78 is 0. The van der Waals surface area contributed by atoms with Crippen LogP contribution in [0.2, 0.25) is 0 Å². The molecular weight excluding hydrogens is 170 g/mol. The number of amides is 3. The fourth-order valence-electron chi connectivity index (χ4n) is 1.05. The Morgan fingerprint density at radius 3 is 2.23 bits per heavy atom. The van der Waals surface area contributed by atoms with Crippen LogP contribution in [0.1, 0.15) is 13.8 Å². The Morgan fingerprint density at radius 1 is 1.31 bits per heavy atom. The maximum atomic E-state index is 11.6. The maximum Gasteiger partial charge on any atom is 0.315 e. The van der Waals surface area contributed by atoms with Gasteiger partial charge in [-0.2, -0.15) is 0 Å². The highest BCUT2D eigenvalue weighted by atomic mass is 16.2. The molecule has 0 spiro atoms. The van der Waals surface area contributed by atoms with Crippen molar-refractivity contribution in [3.63, 3.8) is 0 Å². The summed E-state index contributed by atoms with van der Waals surface area (Å²) >= 11 is 0. The molecule has 0 bridgehead atoms. The highest BCUT2D eigenvalue weighted by Crippen LogP contribution is 2.14. The second kappa shape index (κ2) is 3.24. The van der Waals surface area contributed by atoms with Gasteiger partial charge < -0.3 is 15.5 Å². The van der Waals surface area contributed by atoms with Crippen LogP contribution < -0.4 is 10.6 Å². The van der Waals surface area contributed by atoms with Crippen molar-refractivity contribution in [3.8, 4) is 0 Å². The van der Waals surface area contributed by atoms with Crippen LogP contribution in [-0.2, 0) is 4.79 Å². The molecule has 0 saturated carbocycles. The van der Waals surface area contributed by atoms with Gasteiger partial charge in [-0.05, 0) is 13.8 Å². The first-order valence-electron chi connectivity index (χ1n) is 4.26. The van der Waals surface area contributed by atoms with Crippen LogP contribution >= 0.6 is 0 Å². The average Bonchev–Trinajstić information content (AvgIpc) is 2.84. The Bertz CT molecular complexity index is 234. The Hall–Kier alpha value is -1.26. The Labute approximate surface area is 77.5 Å². The fraction of sp³-hybridized carbons (Fsp3) is 0.750. The molecule has 5 nitrogen and oxygen atoms in total. The average molecular weight is 185 g/mol. The van der Waals surface area contributed by atoms with Gasteiger partial charge in [-0.15, -0.1) is 0 Å². The van der Waals surface area contributed by atoms with Crippen molar-refractivity contribution < 1.29 is 9.59 Å². The van der Waals surface area contributed by atoms with Crippen molar-refractivity contribution in [2.45, 2.75) is 19.4 Å². The van der Waals surface area contributed by atoms with Crippen LogP contribution in [0.3, 0.4) is 0 Å². The van der Waals surface area contributed by atoms with E-state index in [1.165, 1.54) is 7.05 Å². The van der Waals surface area contributed by atoms with E-state index < -0.39 is 5.54 Å². The van der Waals surface area contributed by atoms with Crippen molar-refractivity contribution in [2.75, 3.05) is 20.1 Å². The zero-order chi connectivity index (χ0) is 10.1. The molecule has 1 fully saturated rings. The number of carbonyl (C=O) groups is 2. The molecule has 1 saturated heterocycles. The zero-order valence-electron chi connectivity index (χ0n) is 8.18. The topological polar surface area (TPSA) is 61.2 Å². The van der Waals surface area contributed by atoms with Gasteiger partial charge in [-0.3, -0.25) is 4.79 Å². The molecule has 13 heavy (non-hydrogen) atoms. The third-order valence-electron chi connectivity index (χ3n) is 1.92. The van der Waals surface area contributed by atoms with Crippen molar-refractivity contribution in [2.24, 2.45) is 0 Å². The summed E-state index contributed by atoms with van der Waals surface area (Å²) in [6, 6.07) is -0.333. The van der Waals surface area contributed by atoms with E-state index in [9.17, 15) is 9.59 Å². The number of hydrogen-bond acceptors (Lipinski definition) is 2. The fourth-order valence-corrected chi connectivity index (χ4v) is 1.05. The molecular formula is C8H15N3O2. The van der Waals surface area contributed by atoms with Gasteiger partial charge in [-0.1, -0.05) is 0 Å². The standard InChI is InChI=1S/C8H15N3O2/c1-8(2,10-7(13)9-3)6(12)11-4-5-11/h4-5H2,1-3H3,(H2,9,10,13). The van der Waals surface area contributed by atoms with Crippen molar-refractivity contribution in [1.82, 2.24) is 15.5 Å². The minimum atomic E-state index is -0.809. The summed E-state index contributed by atoms with van der Waals surface area (Å²) in [6.45, 7) is 5.00. The summed E-state index contributed by atoms with van der Waals surface area (Å²) in [5.41, 5.74) is -0.809. The second-order valence-corrected chi connectivity index (χ2v) is 3.62. The molecule has 1 aliphatic rings.